The van der Waals surface area contributed by atoms with Crippen LogP contribution in [0.3, 0.4) is 0 Å². The van der Waals surface area contributed by atoms with Gasteiger partial charge in [-0.1, -0.05) is 32.0 Å². The first-order valence-electron chi connectivity index (χ1n) is 7.82. The fourth-order valence-electron chi connectivity index (χ4n) is 2.66. The van der Waals surface area contributed by atoms with E-state index in [1.807, 2.05) is 13.8 Å². The van der Waals surface area contributed by atoms with Crippen LogP contribution in [0, 0.1) is 5.92 Å². The number of nitrogens with zero attached hydrogens (tertiary/aromatic N) is 1. The molecule has 24 heavy (non-hydrogen) atoms. The van der Waals surface area contributed by atoms with Crippen molar-refractivity contribution in [3.63, 3.8) is 0 Å². The van der Waals surface area contributed by atoms with Crippen molar-refractivity contribution < 1.29 is 14.3 Å². The minimum atomic E-state index is -0.724. The molecule has 1 N–H and O–H groups in total. The van der Waals surface area contributed by atoms with E-state index >= 15 is 0 Å². The Kier molecular flexibility index (Phi) is 5.39. The predicted molar refractivity (Wildman–Crippen MR) is 91.9 cm³/mol. The molecule has 1 atom stereocenters. The van der Waals surface area contributed by atoms with Gasteiger partial charge in [0.05, 0.1) is 12.7 Å². The van der Waals surface area contributed by atoms with Crippen molar-refractivity contribution in [3.8, 4) is 0 Å². The minimum absolute atomic E-state index is 0.172. The zero-order valence-corrected chi connectivity index (χ0v) is 14.3. The van der Waals surface area contributed by atoms with E-state index in [9.17, 15) is 14.4 Å². The molecule has 0 bridgehead atoms. The van der Waals surface area contributed by atoms with Crippen molar-refractivity contribution in [2.24, 2.45) is 13.0 Å². The molecule has 6 heteroatoms. The number of hydrogen-bond donors (Lipinski definition) is 1. The number of ether oxygens (including phenoxy) is 1. The van der Waals surface area contributed by atoms with Crippen LogP contribution in [0.25, 0.3) is 10.8 Å². The van der Waals surface area contributed by atoms with Crippen LogP contribution in [0.2, 0.25) is 0 Å². The highest BCUT2D eigenvalue weighted by Gasteiger charge is 2.24. The van der Waals surface area contributed by atoms with Gasteiger partial charge in [0.2, 0.25) is 0 Å². The molecule has 0 saturated heterocycles. The number of pyridine rings is 1. The number of rotatable bonds is 5. The van der Waals surface area contributed by atoms with Gasteiger partial charge in [0.1, 0.15) is 6.04 Å². The van der Waals surface area contributed by atoms with Crippen molar-refractivity contribution in [1.82, 2.24) is 9.88 Å². The summed E-state index contributed by atoms with van der Waals surface area (Å²) in [5.41, 5.74) is 0.180. The van der Waals surface area contributed by atoms with Crippen LogP contribution in [-0.2, 0) is 16.6 Å². The fraction of sp³-hybridized carbons (Fsp3) is 0.389. The lowest BCUT2D eigenvalue weighted by Gasteiger charge is -2.19. The van der Waals surface area contributed by atoms with Crippen LogP contribution in [0.5, 0.6) is 0 Å². The van der Waals surface area contributed by atoms with Crippen LogP contribution < -0.4 is 10.9 Å². The van der Waals surface area contributed by atoms with Gasteiger partial charge in [0.25, 0.3) is 11.5 Å². The second-order valence-corrected chi connectivity index (χ2v) is 6.18. The number of esters is 1. The average molecular weight is 330 g/mol. The summed E-state index contributed by atoms with van der Waals surface area (Å²) in [7, 11) is 2.89. The average Bonchev–Trinajstić information content (AvgIpc) is 2.56. The molecule has 0 spiro atoms. The minimum Gasteiger partial charge on any atom is -0.467 e. The van der Waals surface area contributed by atoms with Gasteiger partial charge in [-0.3, -0.25) is 9.59 Å². The van der Waals surface area contributed by atoms with Crippen LogP contribution >= 0.6 is 0 Å². The maximum absolute atomic E-state index is 12.7. The highest BCUT2D eigenvalue weighted by atomic mass is 16.5. The number of carbonyl (C=O) groups is 2. The molecule has 0 aliphatic rings. The largest absolute Gasteiger partial charge is 0.467 e. The Morgan fingerprint density at radius 1 is 1.21 bits per heavy atom. The Morgan fingerprint density at radius 2 is 1.83 bits per heavy atom. The maximum Gasteiger partial charge on any atom is 0.328 e. The number of aromatic nitrogens is 1. The van der Waals surface area contributed by atoms with Gasteiger partial charge in [-0.05, 0) is 18.4 Å². The summed E-state index contributed by atoms with van der Waals surface area (Å²) in [6.07, 6.45) is 1.96. The molecule has 0 aliphatic carbocycles. The number of fused-ring (bicyclic) bond motifs is 1. The fourth-order valence-corrected chi connectivity index (χ4v) is 2.66. The number of carbonyl (C=O) groups excluding carboxylic acids is 2. The molecule has 0 radical (unpaired) electrons. The number of benzene rings is 1. The number of amides is 1. The quantitative estimate of drug-likeness (QED) is 0.849. The highest BCUT2D eigenvalue weighted by Crippen LogP contribution is 2.16. The molecular weight excluding hydrogens is 308 g/mol. The SMILES string of the molecule is COC(=O)C(CC(C)C)NC(=O)c1cn(C)c(=O)c2ccccc12. The van der Waals surface area contributed by atoms with Crippen molar-refractivity contribution >= 4 is 22.6 Å². The lowest BCUT2D eigenvalue weighted by Crippen LogP contribution is -2.42. The third-order valence-electron chi connectivity index (χ3n) is 3.83. The first kappa shape index (κ1) is 17.7. The summed E-state index contributed by atoms with van der Waals surface area (Å²) in [6.45, 7) is 3.92. The number of methoxy groups -OCH3 is 1. The van der Waals surface area contributed by atoms with E-state index in [0.717, 1.165) is 0 Å². The predicted octanol–water partition coefficient (Wildman–Crippen LogP) is 1.86. The maximum atomic E-state index is 12.7. The standard InChI is InChI=1S/C18H22N2O4/c1-11(2)9-15(18(23)24-4)19-16(21)14-10-20(3)17(22)13-8-6-5-7-12(13)14/h5-8,10-11,15H,9H2,1-4H3,(H,19,21). The van der Waals surface area contributed by atoms with E-state index in [0.29, 0.717) is 22.8 Å². The summed E-state index contributed by atoms with van der Waals surface area (Å²) in [5.74, 6) is -0.671. The highest BCUT2D eigenvalue weighted by molar-refractivity contribution is 6.07. The van der Waals surface area contributed by atoms with Crippen molar-refractivity contribution in [3.05, 3.63) is 46.4 Å². The lowest BCUT2D eigenvalue weighted by molar-refractivity contribution is -0.143. The van der Waals surface area contributed by atoms with Gasteiger partial charge in [0, 0.05) is 24.0 Å². The molecule has 2 aromatic rings. The van der Waals surface area contributed by atoms with Crippen molar-refractivity contribution in [2.45, 2.75) is 26.3 Å². The molecule has 1 heterocycles. The molecule has 1 aromatic heterocycles. The second-order valence-electron chi connectivity index (χ2n) is 6.18. The molecule has 0 fully saturated rings. The smallest absolute Gasteiger partial charge is 0.328 e. The van der Waals surface area contributed by atoms with Crippen LogP contribution in [0.15, 0.2) is 35.3 Å². The van der Waals surface area contributed by atoms with Crippen molar-refractivity contribution in [1.29, 1.82) is 0 Å². The van der Waals surface area contributed by atoms with Crippen LogP contribution in [-0.4, -0.2) is 29.6 Å². The third-order valence-corrected chi connectivity index (χ3v) is 3.83. The van der Waals surface area contributed by atoms with Gasteiger partial charge < -0.3 is 14.6 Å². The summed E-state index contributed by atoms with van der Waals surface area (Å²) in [4.78, 5) is 36.8. The van der Waals surface area contributed by atoms with Gasteiger partial charge in [0.15, 0.2) is 0 Å². The molecular formula is C18H22N2O4. The Labute approximate surface area is 140 Å². The van der Waals surface area contributed by atoms with Crippen molar-refractivity contribution in [2.75, 3.05) is 7.11 Å². The normalized spacial score (nSPS) is 12.2. The second kappa shape index (κ2) is 7.29. The van der Waals surface area contributed by atoms with E-state index in [4.69, 9.17) is 4.74 Å². The summed E-state index contributed by atoms with van der Waals surface area (Å²) >= 11 is 0. The van der Waals surface area contributed by atoms with E-state index in [2.05, 4.69) is 5.32 Å². The number of aryl methyl sites for hydroxylation is 1. The first-order chi connectivity index (χ1) is 11.3. The topological polar surface area (TPSA) is 77.4 Å². The van der Waals surface area contributed by atoms with Gasteiger partial charge in [-0.15, -0.1) is 0 Å². The third kappa shape index (κ3) is 3.64. The molecule has 2 rings (SSSR count). The molecule has 1 amide bonds. The summed E-state index contributed by atoms with van der Waals surface area (Å²) < 4.78 is 6.14. The molecule has 0 aliphatic heterocycles. The monoisotopic (exact) mass is 330 g/mol. The Balaban J connectivity index is 2.42. The zero-order valence-electron chi connectivity index (χ0n) is 14.3. The van der Waals surface area contributed by atoms with E-state index in [-0.39, 0.29) is 11.5 Å². The Morgan fingerprint density at radius 3 is 2.42 bits per heavy atom. The summed E-state index contributed by atoms with van der Waals surface area (Å²) in [5, 5.41) is 3.75. The molecule has 1 unspecified atom stereocenters. The van der Waals surface area contributed by atoms with Gasteiger partial charge in [-0.2, -0.15) is 0 Å². The van der Waals surface area contributed by atoms with E-state index in [1.54, 1.807) is 31.3 Å². The van der Waals surface area contributed by atoms with E-state index in [1.165, 1.54) is 17.9 Å². The number of nitrogens with one attached hydrogen (secondary N) is 1. The first-order valence-corrected chi connectivity index (χ1v) is 7.82. The molecule has 128 valence electrons. The zero-order chi connectivity index (χ0) is 17.9. The lowest BCUT2D eigenvalue weighted by atomic mass is 10.0. The van der Waals surface area contributed by atoms with Gasteiger partial charge >= 0.3 is 5.97 Å². The Hall–Kier alpha value is -2.63. The Bertz CT molecular complexity index is 823. The van der Waals surface area contributed by atoms with Gasteiger partial charge in [-0.25, -0.2) is 4.79 Å². The van der Waals surface area contributed by atoms with E-state index < -0.39 is 17.9 Å². The van der Waals surface area contributed by atoms with Crippen LogP contribution in [0.4, 0.5) is 0 Å². The molecule has 0 saturated carbocycles. The molecule has 6 nitrogen and oxygen atoms in total. The summed E-state index contributed by atoms with van der Waals surface area (Å²) in [6, 6.07) is 6.20. The number of hydrogen-bond acceptors (Lipinski definition) is 4. The molecule has 1 aromatic carbocycles. The van der Waals surface area contributed by atoms with Crippen LogP contribution in [0.1, 0.15) is 30.6 Å².